The summed E-state index contributed by atoms with van der Waals surface area (Å²) in [7, 11) is 1.52. The van der Waals surface area contributed by atoms with E-state index in [2.05, 4.69) is 10.5 Å². The fourth-order valence-corrected chi connectivity index (χ4v) is 3.45. The molecule has 1 aliphatic rings. The summed E-state index contributed by atoms with van der Waals surface area (Å²) < 4.78 is 26.7. The second-order valence-electron chi connectivity index (χ2n) is 7.91. The number of ether oxygens (including phenoxy) is 4. The number of nitrogens with zero attached hydrogens (tertiary/aromatic N) is 1. The van der Waals surface area contributed by atoms with Crippen molar-refractivity contribution in [2.24, 2.45) is 0 Å². The minimum atomic E-state index is -0.685. The van der Waals surface area contributed by atoms with Crippen LogP contribution in [-0.2, 0) is 20.9 Å². The fourth-order valence-electron chi connectivity index (χ4n) is 3.45. The van der Waals surface area contributed by atoms with Crippen molar-refractivity contribution in [2.45, 2.75) is 20.5 Å². The van der Waals surface area contributed by atoms with Crippen LogP contribution in [0.1, 0.15) is 32.9 Å². The van der Waals surface area contributed by atoms with Gasteiger partial charge in [0, 0.05) is 11.6 Å². The van der Waals surface area contributed by atoms with Gasteiger partial charge < -0.3 is 28.8 Å². The molecular formula is C26H24N2O8. The number of fused-ring (bicyclic) bond motifs is 1. The van der Waals surface area contributed by atoms with Crippen molar-refractivity contribution in [3.8, 4) is 17.2 Å². The second kappa shape index (κ2) is 10.8. The highest BCUT2D eigenvalue weighted by atomic mass is 16.5. The van der Waals surface area contributed by atoms with E-state index >= 15 is 0 Å². The first kappa shape index (κ1) is 24.5. The van der Waals surface area contributed by atoms with Crippen molar-refractivity contribution in [2.75, 3.05) is 25.6 Å². The first-order chi connectivity index (χ1) is 17.3. The highest BCUT2D eigenvalue weighted by molar-refractivity contribution is 6.02. The van der Waals surface area contributed by atoms with Gasteiger partial charge in [-0.1, -0.05) is 11.2 Å². The quantitative estimate of drug-likeness (QED) is 0.271. The van der Waals surface area contributed by atoms with Crippen molar-refractivity contribution >= 4 is 29.4 Å². The molecule has 0 bridgehead atoms. The van der Waals surface area contributed by atoms with Crippen LogP contribution in [-0.4, -0.2) is 43.1 Å². The molecule has 2 heterocycles. The van der Waals surface area contributed by atoms with Gasteiger partial charge in [-0.25, -0.2) is 4.79 Å². The zero-order valence-electron chi connectivity index (χ0n) is 20.0. The normalized spacial score (nSPS) is 12.5. The van der Waals surface area contributed by atoms with Gasteiger partial charge >= 0.3 is 5.97 Å². The first-order valence-electron chi connectivity index (χ1n) is 11.0. The molecule has 10 heteroatoms. The average molecular weight is 492 g/mol. The molecule has 186 valence electrons. The number of aromatic nitrogens is 1. The topological polar surface area (TPSA) is 126 Å². The Morgan fingerprint density at radius 1 is 1.14 bits per heavy atom. The van der Waals surface area contributed by atoms with E-state index in [9.17, 15) is 14.4 Å². The number of aryl methyl sites for hydroxylation is 2. The Bertz CT molecular complexity index is 1320. The summed E-state index contributed by atoms with van der Waals surface area (Å²) >= 11 is 0. The number of ketones is 1. The summed E-state index contributed by atoms with van der Waals surface area (Å²) in [5.41, 5.74) is 2.98. The Balaban J connectivity index is 1.32. The van der Waals surface area contributed by atoms with Crippen molar-refractivity contribution in [3.63, 3.8) is 0 Å². The molecule has 0 unspecified atom stereocenters. The summed E-state index contributed by atoms with van der Waals surface area (Å²) in [5.74, 6) is 0.763. The number of methoxy groups -OCH3 is 1. The molecule has 1 amide bonds. The van der Waals surface area contributed by atoms with E-state index in [1.165, 1.54) is 19.3 Å². The molecule has 0 radical (unpaired) electrons. The predicted octanol–water partition coefficient (Wildman–Crippen LogP) is 3.65. The number of nitrogens with one attached hydrogen (secondary N) is 1. The van der Waals surface area contributed by atoms with Gasteiger partial charge in [0.2, 0.25) is 0 Å². The number of carbonyl (C=O) groups excluding carboxylic acids is 3. The fraction of sp³-hybridized carbons (Fsp3) is 0.231. The van der Waals surface area contributed by atoms with Crippen molar-refractivity contribution < 1.29 is 37.9 Å². The maximum Gasteiger partial charge on any atom is 0.331 e. The third-order valence-corrected chi connectivity index (χ3v) is 5.43. The van der Waals surface area contributed by atoms with E-state index in [0.29, 0.717) is 34.3 Å². The van der Waals surface area contributed by atoms with Crippen LogP contribution in [0.3, 0.4) is 0 Å². The third kappa shape index (κ3) is 5.72. The molecule has 1 aromatic heterocycles. The van der Waals surface area contributed by atoms with Gasteiger partial charge in [-0.15, -0.1) is 0 Å². The van der Waals surface area contributed by atoms with E-state index in [-0.39, 0.29) is 24.7 Å². The number of esters is 1. The van der Waals surface area contributed by atoms with Gasteiger partial charge in [0.05, 0.1) is 24.1 Å². The zero-order chi connectivity index (χ0) is 25.7. The Kier molecular flexibility index (Phi) is 7.33. The van der Waals surface area contributed by atoms with Crippen LogP contribution in [0.15, 0.2) is 47.0 Å². The molecule has 0 saturated heterocycles. The molecule has 0 spiro atoms. The lowest BCUT2D eigenvalue weighted by molar-refractivity contribution is -0.136. The minimum Gasteiger partial charge on any atom is -0.493 e. The molecular weight excluding hydrogens is 468 g/mol. The van der Waals surface area contributed by atoms with E-state index in [0.717, 1.165) is 11.3 Å². The van der Waals surface area contributed by atoms with Crippen LogP contribution in [0, 0.1) is 13.8 Å². The van der Waals surface area contributed by atoms with E-state index < -0.39 is 18.4 Å². The van der Waals surface area contributed by atoms with Crippen LogP contribution in [0.2, 0.25) is 0 Å². The molecule has 10 nitrogen and oxygen atoms in total. The molecule has 2 aromatic carbocycles. The Labute approximate surface area is 206 Å². The molecule has 3 aromatic rings. The third-order valence-electron chi connectivity index (χ3n) is 5.43. The highest BCUT2D eigenvalue weighted by Crippen LogP contribution is 2.30. The van der Waals surface area contributed by atoms with E-state index in [1.54, 1.807) is 36.4 Å². The maximum atomic E-state index is 12.4. The van der Waals surface area contributed by atoms with Crippen LogP contribution < -0.4 is 19.5 Å². The van der Waals surface area contributed by atoms with Crippen LogP contribution in [0.25, 0.3) is 6.08 Å². The highest BCUT2D eigenvalue weighted by Gasteiger charge is 2.18. The second-order valence-corrected chi connectivity index (χ2v) is 7.91. The van der Waals surface area contributed by atoms with Crippen molar-refractivity contribution in [1.29, 1.82) is 0 Å². The molecule has 0 saturated carbocycles. The van der Waals surface area contributed by atoms with Crippen molar-refractivity contribution in [3.05, 3.63) is 70.6 Å². The first-order valence-corrected chi connectivity index (χ1v) is 11.0. The molecule has 0 aliphatic carbocycles. The molecule has 36 heavy (non-hydrogen) atoms. The van der Waals surface area contributed by atoms with Crippen LogP contribution in [0.4, 0.5) is 5.69 Å². The summed E-state index contributed by atoms with van der Waals surface area (Å²) in [6, 6.07) is 9.80. The number of benzene rings is 2. The summed E-state index contributed by atoms with van der Waals surface area (Å²) in [4.78, 5) is 36.0. The number of rotatable bonds is 9. The molecule has 1 N–H and O–H groups in total. The Morgan fingerprint density at radius 3 is 2.72 bits per heavy atom. The predicted molar refractivity (Wildman–Crippen MR) is 128 cm³/mol. The van der Waals surface area contributed by atoms with Crippen molar-refractivity contribution in [1.82, 2.24) is 5.16 Å². The number of amides is 1. The number of carbonyl (C=O) groups is 3. The number of hydrogen-bond acceptors (Lipinski definition) is 9. The molecule has 1 aliphatic heterocycles. The number of hydrogen-bond donors (Lipinski definition) is 1. The lowest BCUT2D eigenvalue weighted by Gasteiger charge is -2.18. The van der Waals surface area contributed by atoms with Gasteiger partial charge in [-0.3, -0.25) is 9.59 Å². The standard InChI is InChI=1S/C26H24N2O8/c1-15-19(16(2)36-28-15)12-33-23-7-4-17(10-24(23)32-3)5-9-26(31)35-13-21(29)18-6-8-22-20(11-18)27-25(30)14-34-22/h4-11H,12-14H2,1-3H3,(H,27,30)/b9-5+. The summed E-state index contributed by atoms with van der Waals surface area (Å²) in [6.07, 6.45) is 2.76. The zero-order valence-corrected chi connectivity index (χ0v) is 20.0. The summed E-state index contributed by atoms with van der Waals surface area (Å²) in [5, 5.41) is 6.54. The number of Topliss-reactive ketones (excluding diaryl/α,β-unsaturated/α-hetero) is 1. The monoisotopic (exact) mass is 492 g/mol. The van der Waals surface area contributed by atoms with Crippen LogP contribution >= 0.6 is 0 Å². The Morgan fingerprint density at radius 2 is 1.97 bits per heavy atom. The molecule has 0 fully saturated rings. The smallest absolute Gasteiger partial charge is 0.331 e. The molecule has 0 atom stereocenters. The maximum absolute atomic E-state index is 12.4. The number of anilines is 1. The van der Waals surface area contributed by atoms with Crippen LogP contribution in [0.5, 0.6) is 17.2 Å². The Hall–Kier alpha value is -4.60. The summed E-state index contributed by atoms with van der Waals surface area (Å²) in [6.45, 7) is 3.41. The van der Waals surface area contributed by atoms with Gasteiger partial charge in [0.15, 0.2) is 30.5 Å². The SMILES string of the molecule is COc1cc(/C=C/C(=O)OCC(=O)c2ccc3c(c2)NC(=O)CO3)ccc1OCc1c(C)noc1C. The minimum absolute atomic E-state index is 0.0751. The van der Waals surface area contributed by atoms with E-state index in [4.69, 9.17) is 23.5 Å². The van der Waals surface area contributed by atoms with Gasteiger partial charge in [0.1, 0.15) is 18.1 Å². The average Bonchev–Trinajstić information content (AvgIpc) is 3.21. The lowest BCUT2D eigenvalue weighted by atomic mass is 10.1. The van der Waals surface area contributed by atoms with Gasteiger partial charge in [0.25, 0.3) is 5.91 Å². The largest absolute Gasteiger partial charge is 0.493 e. The van der Waals surface area contributed by atoms with Gasteiger partial charge in [-0.2, -0.15) is 0 Å². The van der Waals surface area contributed by atoms with E-state index in [1.807, 2.05) is 13.8 Å². The lowest BCUT2D eigenvalue weighted by Crippen LogP contribution is -2.25. The van der Waals surface area contributed by atoms with Gasteiger partial charge in [-0.05, 0) is 55.8 Å². The molecule has 4 rings (SSSR count).